The molecule has 0 fully saturated rings. The standard InChI is InChI=1S/C15H17N3O2/c1-9(19)13-7-18(8-16-13)10-4-5-11-12(6-10)17-14(20)15(11,2)3/h4-9,19H,1-3H3,(H,17,20). The molecule has 1 atom stereocenters. The van der Waals surface area contributed by atoms with Crippen molar-refractivity contribution in [3.8, 4) is 5.69 Å². The number of imidazole rings is 1. The van der Waals surface area contributed by atoms with E-state index in [9.17, 15) is 9.90 Å². The van der Waals surface area contributed by atoms with E-state index in [1.807, 2.05) is 36.6 Å². The van der Waals surface area contributed by atoms with Gasteiger partial charge in [0.25, 0.3) is 0 Å². The van der Waals surface area contributed by atoms with Crippen LogP contribution >= 0.6 is 0 Å². The second-order valence-electron chi connectivity index (χ2n) is 5.69. The van der Waals surface area contributed by atoms with Gasteiger partial charge in [0.2, 0.25) is 5.91 Å². The average molecular weight is 271 g/mol. The zero-order valence-corrected chi connectivity index (χ0v) is 11.7. The molecule has 104 valence electrons. The molecule has 0 aliphatic carbocycles. The van der Waals surface area contributed by atoms with E-state index in [0.29, 0.717) is 5.69 Å². The van der Waals surface area contributed by atoms with Crippen LogP contribution in [0, 0.1) is 0 Å². The van der Waals surface area contributed by atoms with Crippen LogP contribution in [0.15, 0.2) is 30.7 Å². The van der Waals surface area contributed by atoms with Crippen molar-refractivity contribution in [1.82, 2.24) is 9.55 Å². The van der Waals surface area contributed by atoms with Gasteiger partial charge in [-0.2, -0.15) is 0 Å². The number of fused-ring (bicyclic) bond motifs is 1. The van der Waals surface area contributed by atoms with Crippen molar-refractivity contribution in [2.45, 2.75) is 32.3 Å². The predicted molar refractivity (Wildman–Crippen MR) is 75.9 cm³/mol. The Morgan fingerprint density at radius 1 is 1.40 bits per heavy atom. The van der Waals surface area contributed by atoms with E-state index in [0.717, 1.165) is 16.9 Å². The van der Waals surface area contributed by atoms with Crippen molar-refractivity contribution in [2.75, 3.05) is 5.32 Å². The third kappa shape index (κ3) is 1.82. The first-order valence-corrected chi connectivity index (χ1v) is 6.58. The van der Waals surface area contributed by atoms with Gasteiger partial charge in [-0.3, -0.25) is 4.79 Å². The van der Waals surface area contributed by atoms with Gasteiger partial charge in [-0.1, -0.05) is 6.07 Å². The molecular formula is C15H17N3O2. The number of aliphatic hydroxyl groups excluding tert-OH is 1. The third-order valence-electron chi connectivity index (χ3n) is 3.82. The summed E-state index contributed by atoms with van der Waals surface area (Å²) in [6.07, 6.45) is 2.85. The minimum atomic E-state index is -0.593. The summed E-state index contributed by atoms with van der Waals surface area (Å²) in [6, 6.07) is 5.84. The van der Waals surface area contributed by atoms with E-state index in [4.69, 9.17) is 0 Å². The molecule has 0 bridgehead atoms. The number of amides is 1. The molecule has 1 aromatic heterocycles. The van der Waals surface area contributed by atoms with E-state index < -0.39 is 11.5 Å². The van der Waals surface area contributed by atoms with Crippen molar-refractivity contribution in [1.29, 1.82) is 0 Å². The van der Waals surface area contributed by atoms with Crippen LogP contribution in [0.1, 0.15) is 38.1 Å². The van der Waals surface area contributed by atoms with Crippen LogP contribution in [0.25, 0.3) is 5.69 Å². The van der Waals surface area contributed by atoms with Gasteiger partial charge in [-0.25, -0.2) is 4.98 Å². The Labute approximate surface area is 117 Å². The third-order valence-corrected chi connectivity index (χ3v) is 3.82. The highest BCUT2D eigenvalue weighted by Gasteiger charge is 2.38. The summed E-state index contributed by atoms with van der Waals surface area (Å²) >= 11 is 0. The van der Waals surface area contributed by atoms with Crippen LogP contribution in [-0.4, -0.2) is 20.6 Å². The molecule has 1 aliphatic rings. The summed E-state index contributed by atoms with van der Waals surface area (Å²) in [5, 5.41) is 12.4. The van der Waals surface area contributed by atoms with Crippen LogP contribution in [0.2, 0.25) is 0 Å². The SMILES string of the molecule is CC(O)c1cn(-c2ccc3c(c2)NC(=O)C3(C)C)cn1. The Hall–Kier alpha value is -2.14. The average Bonchev–Trinajstić information content (AvgIpc) is 2.94. The highest BCUT2D eigenvalue weighted by Crippen LogP contribution is 2.38. The van der Waals surface area contributed by atoms with Gasteiger partial charge in [0, 0.05) is 17.6 Å². The molecule has 3 rings (SSSR count). The van der Waals surface area contributed by atoms with Crippen molar-refractivity contribution in [3.63, 3.8) is 0 Å². The number of benzene rings is 1. The summed E-state index contributed by atoms with van der Waals surface area (Å²) in [5.41, 5.74) is 2.87. The molecule has 1 aromatic carbocycles. The molecule has 0 spiro atoms. The van der Waals surface area contributed by atoms with Crippen LogP contribution in [0.4, 0.5) is 5.69 Å². The van der Waals surface area contributed by atoms with Crippen molar-refractivity contribution < 1.29 is 9.90 Å². The van der Waals surface area contributed by atoms with Crippen molar-refractivity contribution in [2.24, 2.45) is 0 Å². The van der Waals surface area contributed by atoms with Gasteiger partial charge in [0.05, 0.1) is 23.5 Å². The fraction of sp³-hybridized carbons (Fsp3) is 0.333. The number of carbonyl (C=O) groups is 1. The Morgan fingerprint density at radius 3 is 2.80 bits per heavy atom. The zero-order chi connectivity index (χ0) is 14.5. The van der Waals surface area contributed by atoms with Gasteiger partial charge in [-0.15, -0.1) is 0 Å². The van der Waals surface area contributed by atoms with Gasteiger partial charge < -0.3 is 15.0 Å². The molecule has 1 amide bonds. The smallest absolute Gasteiger partial charge is 0.234 e. The Balaban J connectivity index is 2.02. The minimum Gasteiger partial charge on any atom is -0.387 e. The van der Waals surface area contributed by atoms with Crippen molar-refractivity contribution >= 4 is 11.6 Å². The molecule has 5 nitrogen and oxygen atoms in total. The number of hydrogen-bond donors (Lipinski definition) is 2. The first-order chi connectivity index (χ1) is 9.39. The molecule has 0 radical (unpaired) electrons. The van der Waals surface area contributed by atoms with E-state index in [2.05, 4.69) is 10.3 Å². The number of rotatable bonds is 2. The molecule has 0 saturated carbocycles. The van der Waals surface area contributed by atoms with E-state index in [1.54, 1.807) is 19.4 Å². The molecule has 2 heterocycles. The molecule has 1 aliphatic heterocycles. The maximum atomic E-state index is 11.9. The molecular weight excluding hydrogens is 254 g/mol. The molecule has 2 aromatic rings. The maximum absolute atomic E-state index is 11.9. The number of aromatic nitrogens is 2. The fourth-order valence-corrected chi connectivity index (χ4v) is 2.44. The van der Waals surface area contributed by atoms with E-state index in [1.165, 1.54) is 0 Å². The Morgan fingerprint density at radius 2 is 2.15 bits per heavy atom. The maximum Gasteiger partial charge on any atom is 0.234 e. The number of hydrogen-bond acceptors (Lipinski definition) is 3. The highest BCUT2D eigenvalue weighted by molar-refractivity contribution is 6.05. The number of anilines is 1. The molecule has 5 heteroatoms. The lowest BCUT2D eigenvalue weighted by molar-refractivity contribution is -0.119. The van der Waals surface area contributed by atoms with Crippen LogP contribution in [0.3, 0.4) is 0 Å². The van der Waals surface area contributed by atoms with Gasteiger partial charge in [-0.05, 0) is 38.5 Å². The fourth-order valence-electron chi connectivity index (χ4n) is 2.44. The lowest BCUT2D eigenvalue weighted by Crippen LogP contribution is -2.26. The molecule has 0 saturated heterocycles. The molecule has 1 unspecified atom stereocenters. The molecule has 20 heavy (non-hydrogen) atoms. The summed E-state index contributed by atoms with van der Waals surface area (Å²) in [5.74, 6) is 0.0138. The largest absolute Gasteiger partial charge is 0.387 e. The Bertz CT molecular complexity index is 686. The highest BCUT2D eigenvalue weighted by atomic mass is 16.3. The van der Waals surface area contributed by atoms with E-state index in [-0.39, 0.29) is 5.91 Å². The first-order valence-electron chi connectivity index (χ1n) is 6.58. The second kappa shape index (κ2) is 4.18. The summed E-state index contributed by atoms with van der Waals surface area (Å²) in [4.78, 5) is 16.1. The van der Waals surface area contributed by atoms with Crippen LogP contribution in [-0.2, 0) is 10.2 Å². The monoisotopic (exact) mass is 271 g/mol. The van der Waals surface area contributed by atoms with Crippen LogP contribution < -0.4 is 5.32 Å². The normalized spacial score (nSPS) is 17.7. The summed E-state index contributed by atoms with van der Waals surface area (Å²) in [6.45, 7) is 5.51. The second-order valence-corrected chi connectivity index (χ2v) is 5.69. The number of nitrogens with zero attached hydrogens (tertiary/aromatic N) is 2. The lowest BCUT2D eigenvalue weighted by atomic mass is 9.86. The first kappa shape index (κ1) is 12.9. The number of nitrogens with one attached hydrogen (secondary N) is 1. The Kier molecular flexibility index (Phi) is 2.69. The van der Waals surface area contributed by atoms with Gasteiger partial charge in [0.15, 0.2) is 0 Å². The zero-order valence-electron chi connectivity index (χ0n) is 11.7. The predicted octanol–water partition coefficient (Wildman–Crippen LogP) is 2.16. The number of aliphatic hydroxyl groups is 1. The number of carbonyl (C=O) groups excluding carboxylic acids is 1. The quantitative estimate of drug-likeness (QED) is 0.879. The van der Waals surface area contributed by atoms with E-state index >= 15 is 0 Å². The topological polar surface area (TPSA) is 67.2 Å². The van der Waals surface area contributed by atoms with Crippen molar-refractivity contribution in [3.05, 3.63) is 42.0 Å². The lowest BCUT2D eigenvalue weighted by Gasteiger charge is -2.15. The van der Waals surface area contributed by atoms with Gasteiger partial charge >= 0.3 is 0 Å². The summed E-state index contributed by atoms with van der Waals surface area (Å²) in [7, 11) is 0. The van der Waals surface area contributed by atoms with Gasteiger partial charge in [0.1, 0.15) is 0 Å². The molecule has 2 N–H and O–H groups in total. The minimum absolute atomic E-state index is 0.0138. The van der Waals surface area contributed by atoms with Crippen LogP contribution in [0.5, 0.6) is 0 Å². The summed E-state index contributed by atoms with van der Waals surface area (Å²) < 4.78 is 1.83.